The number of Topliss-reactive ketones (excluding diaryl/α,β-unsaturated/α-hetero) is 1. The summed E-state index contributed by atoms with van der Waals surface area (Å²) in [5, 5.41) is 0.613. The molecule has 0 N–H and O–H groups in total. The summed E-state index contributed by atoms with van der Waals surface area (Å²) in [5.74, 6) is 0.144. The number of hydrogen-bond donors (Lipinski definition) is 0. The number of ether oxygens (including phenoxy) is 3. The van der Waals surface area contributed by atoms with Crippen molar-refractivity contribution in [2.24, 2.45) is 0 Å². The van der Waals surface area contributed by atoms with Crippen molar-refractivity contribution in [1.82, 2.24) is 0 Å². The van der Waals surface area contributed by atoms with Crippen molar-refractivity contribution in [1.29, 1.82) is 0 Å². The average Bonchev–Trinajstić information content (AvgIpc) is 2.86. The van der Waals surface area contributed by atoms with E-state index in [2.05, 4.69) is 0 Å². The molecule has 0 radical (unpaired) electrons. The minimum absolute atomic E-state index is 0.155. The van der Waals surface area contributed by atoms with Gasteiger partial charge in [0.25, 0.3) is 0 Å². The number of esters is 1. The van der Waals surface area contributed by atoms with Crippen molar-refractivity contribution in [3.8, 4) is 11.5 Å². The summed E-state index contributed by atoms with van der Waals surface area (Å²) >= 11 is 5.86. The van der Waals surface area contributed by atoms with E-state index in [-0.39, 0.29) is 18.1 Å². The van der Waals surface area contributed by atoms with Gasteiger partial charge in [-0.05, 0) is 42.3 Å². The molecule has 1 heterocycles. The lowest BCUT2D eigenvalue weighted by Gasteiger charge is -2.07. The van der Waals surface area contributed by atoms with Crippen LogP contribution in [0.5, 0.6) is 11.5 Å². The lowest BCUT2D eigenvalue weighted by atomic mass is 10.0. The van der Waals surface area contributed by atoms with E-state index in [0.29, 0.717) is 27.6 Å². The number of hydrogen-bond acceptors (Lipinski definition) is 5. The molecular weight excluding hydrogens is 344 g/mol. The highest BCUT2D eigenvalue weighted by Crippen LogP contribution is 2.37. The summed E-state index contributed by atoms with van der Waals surface area (Å²) in [6.45, 7) is 1.61. The number of carbonyl (C=O) groups excluding carboxylic acids is 2. The van der Waals surface area contributed by atoms with Crippen LogP contribution in [0.15, 0.2) is 42.2 Å². The topological polar surface area (TPSA) is 61.8 Å². The van der Waals surface area contributed by atoms with E-state index >= 15 is 0 Å². The maximum atomic E-state index is 12.6. The number of allylic oxidation sites excluding steroid dienone is 1. The van der Waals surface area contributed by atoms with Gasteiger partial charge in [-0.1, -0.05) is 23.7 Å². The van der Waals surface area contributed by atoms with Crippen LogP contribution in [0.4, 0.5) is 0 Å². The lowest BCUT2D eigenvalue weighted by Crippen LogP contribution is -2.14. The molecule has 0 unspecified atom stereocenters. The van der Waals surface area contributed by atoms with Crippen LogP contribution in [0.1, 0.15) is 21.5 Å². The maximum absolute atomic E-state index is 12.6. The van der Waals surface area contributed by atoms with E-state index in [1.807, 2.05) is 0 Å². The normalized spacial score (nSPS) is 14.4. The Kier molecular flexibility index (Phi) is 4.88. The highest BCUT2D eigenvalue weighted by Gasteiger charge is 2.30. The van der Waals surface area contributed by atoms with E-state index in [1.165, 1.54) is 13.2 Å². The minimum Gasteiger partial charge on any atom is -0.452 e. The Labute approximate surface area is 149 Å². The molecule has 0 saturated carbocycles. The molecular formula is C19H15ClO5. The second-order valence-corrected chi connectivity index (χ2v) is 5.95. The van der Waals surface area contributed by atoms with Gasteiger partial charge in [-0.15, -0.1) is 0 Å². The summed E-state index contributed by atoms with van der Waals surface area (Å²) in [6, 6.07) is 10.2. The first kappa shape index (κ1) is 17.2. The minimum atomic E-state index is -0.525. The molecule has 0 fully saturated rings. The summed E-state index contributed by atoms with van der Waals surface area (Å²) in [5.41, 5.74) is 1.93. The molecule has 0 saturated heterocycles. The van der Waals surface area contributed by atoms with Gasteiger partial charge in [0.05, 0.1) is 5.56 Å². The van der Waals surface area contributed by atoms with E-state index in [9.17, 15) is 9.59 Å². The molecule has 1 aliphatic heterocycles. The first-order valence-corrected chi connectivity index (χ1v) is 7.90. The molecule has 0 aromatic heterocycles. The van der Waals surface area contributed by atoms with Crippen molar-refractivity contribution < 1.29 is 23.8 Å². The number of methoxy groups -OCH3 is 1. The largest absolute Gasteiger partial charge is 0.452 e. The number of benzene rings is 2. The molecule has 6 heteroatoms. The van der Waals surface area contributed by atoms with Crippen LogP contribution in [-0.4, -0.2) is 25.5 Å². The van der Waals surface area contributed by atoms with Gasteiger partial charge in [-0.2, -0.15) is 0 Å². The van der Waals surface area contributed by atoms with Gasteiger partial charge in [0, 0.05) is 18.2 Å². The third-order valence-corrected chi connectivity index (χ3v) is 3.86. The van der Waals surface area contributed by atoms with Gasteiger partial charge in [-0.25, -0.2) is 4.79 Å². The van der Waals surface area contributed by atoms with Crippen molar-refractivity contribution in [2.45, 2.75) is 6.92 Å². The number of fused-ring (bicyclic) bond motifs is 1. The molecule has 0 atom stereocenters. The number of rotatable bonds is 4. The highest BCUT2D eigenvalue weighted by molar-refractivity contribution is 6.30. The van der Waals surface area contributed by atoms with E-state index < -0.39 is 5.97 Å². The molecule has 5 nitrogen and oxygen atoms in total. The summed E-state index contributed by atoms with van der Waals surface area (Å²) in [6.07, 6.45) is 1.65. The van der Waals surface area contributed by atoms with Gasteiger partial charge in [-0.3, -0.25) is 4.79 Å². The van der Waals surface area contributed by atoms with Gasteiger partial charge < -0.3 is 14.2 Å². The van der Waals surface area contributed by atoms with Crippen LogP contribution in [-0.2, 0) is 9.53 Å². The van der Waals surface area contributed by atoms with E-state index in [0.717, 1.165) is 5.56 Å². The monoisotopic (exact) mass is 358 g/mol. The smallest absolute Gasteiger partial charge is 0.337 e. The second-order valence-electron chi connectivity index (χ2n) is 5.51. The first-order valence-electron chi connectivity index (χ1n) is 7.52. The van der Waals surface area contributed by atoms with Gasteiger partial charge in [0.1, 0.15) is 18.1 Å². The Morgan fingerprint density at radius 2 is 1.96 bits per heavy atom. The van der Waals surface area contributed by atoms with Crippen LogP contribution in [0, 0.1) is 6.92 Å². The summed E-state index contributed by atoms with van der Waals surface area (Å²) < 4.78 is 15.6. The van der Waals surface area contributed by atoms with Crippen LogP contribution in [0.3, 0.4) is 0 Å². The third-order valence-electron chi connectivity index (χ3n) is 3.61. The zero-order valence-corrected chi connectivity index (χ0v) is 14.4. The summed E-state index contributed by atoms with van der Waals surface area (Å²) in [7, 11) is 1.41. The second kappa shape index (κ2) is 7.09. The standard InChI is InChI=1S/C19H15ClO5/c1-11-7-14(24-17(21)10-23-2)9-15-18(11)19(22)16(25-15)8-12-3-5-13(20)6-4-12/h3-9H,10H2,1-2H3/b16-8-. The van der Waals surface area contributed by atoms with E-state index in [1.54, 1.807) is 43.3 Å². The van der Waals surface area contributed by atoms with Gasteiger partial charge >= 0.3 is 5.97 Å². The predicted molar refractivity (Wildman–Crippen MR) is 93.1 cm³/mol. The van der Waals surface area contributed by atoms with Gasteiger partial charge in [0.2, 0.25) is 5.78 Å². The summed E-state index contributed by atoms with van der Waals surface area (Å²) in [4.78, 5) is 24.1. The molecule has 128 valence electrons. The number of aryl methyl sites for hydroxylation is 1. The lowest BCUT2D eigenvalue weighted by molar-refractivity contribution is -0.138. The van der Waals surface area contributed by atoms with E-state index in [4.69, 9.17) is 25.8 Å². The quantitative estimate of drug-likeness (QED) is 0.472. The Balaban J connectivity index is 1.89. The molecule has 3 rings (SSSR count). The Hall–Kier alpha value is -2.63. The van der Waals surface area contributed by atoms with Crippen molar-refractivity contribution in [2.75, 3.05) is 13.7 Å². The number of ketones is 1. The van der Waals surface area contributed by atoms with Crippen LogP contribution < -0.4 is 9.47 Å². The average molecular weight is 359 g/mol. The predicted octanol–water partition coefficient (Wildman–Crippen LogP) is 3.82. The first-order chi connectivity index (χ1) is 12.0. The highest BCUT2D eigenvalue weighted by atomic mass is 35.5. The molecule has 25 heavy (non-hydrogen) atoms. The Morgan fingerprint density at radius 1 is 1.24 bits per heavy atom. The van der Waals surface area contributed by atoms with Crippen molar-refractivity contribution >= 4 is 29.4 Å². The molecule has 1 aliphatic rings. The van der Waals surface area contributed by atoms with Gasteiger partial charge in [0.15, 0.2) is 5.76 Å². The van der Waals surface area contributed by atoms with Crippen LogP contribution in [0.2, 0.25) is 5.02 Å². The van der Waals surface area contributed by atoms with Crippen LogP contribution >= 0.6 is 11.6 Å². The fourth-order valence-corrected chi connectivity index (χ4v) is 2.65. The molecule has 0 amide bonds. The fourth-order valence-electron chi connectivity index (χ4n) is 2.53. The fraction of sp³-hybridized carbons (Fsp3) is 0.158. The number of carbonyl (C=O) groups is 2. The third kappa shape index (κ3) is 3.73. The van der Waals surface area contributed by atoms with Crippen molar-refractivity contribution in [3.05, 3.63) is 63.9 Å². The molecule has 0 bridgehead atoms. The maximum Gasteiger partial charge on any atom is 0.337 e. The number of halogens is 1. The SMILES string of the molecule is COCC(=O)Oc1cc(C)c2c(c1)O/C(=C\c1ccc(Cl)cc1)C2=O. The molecule has 2 aromatic rings. The zero-order chi connectivity index (χ0) is 18.0. The molecule has 2 aromatic carbocycles. The Bertz CT molecular complexity index is 868. The molecule has 0 aliphatic carbocycles. The van der Waals surface area contributed by atoms with Crippen molar-refractivity contribution in [3.63, 3.8) is 0 Å². The zero-order valence-electron chi connectivity index (χ0n) is 13.7. The van der Waals surface area contributed by atoms with Crippen LogP contribution in [0.25, 0.3) is 6.08 Å². The molecule has 0 spiro atoms. The Morgan fingerprint density at radius 3 is 2.64 bits per heavy atom.